The molecule has 12 heteroatoms. The summed E-state index contributed by atoms with van der Waals surface area (Å²) in [6.45, 7) is 4.02. The number of imidazole rings is 1. The Morgan fingerprint density at radius 1 is 1.22 bits per heavy atom. The lowest BCUT2D eigenvalue weighted by atomic mass is 9.93. The van der Waals surface area contributed by atoms with Crippen LogP contribution in [0.1, 0.15) is 37.3 Å². The number of aliphatic hydroxyl groups excluding tert-OH is 1. The number of benzene rings is 1. The number of alkyl halides is 3. The van der Waals surface area contributed by atoms with E-state index in [1.165, 1.54) is 25.2 Å². The van der Waals surface area contributed by atoms with Crippen LogP contribution in [0.25, 0.3) is 11.2 Å². The fourth-order valence-corrected chi connectivity index (χ4v) is 4.23. The van der Waals surface area contributed by atoms with Crippen LogP contribution in [0.15, 0.2) is 36.9 Å². The molecule has 200 valence electrons. The summed E-state index contributed by atoms with van der Waals surface area (Å²) in [4.78, 5) is 25.8. The monoisotopic (exact) mass is 519 g/mol. The topological polar surface area (TPSA) is 122 Å². The van der Waals surface area contributed by atoms with Crippen molar-refractivity contribution in [2.24, 2.45) is 17.6 Å². The Morgan fingerprint density at radius 2 is 1.97 bits per heavy atom. The second-order valence-electron chi connectivity index (χ2n) is 9.84. The van der Waals surface area contributed by atoms with Gasteiger partial charge in [-0.3, -0.25) is 9.69 Å². The highest BCUT2D eigenvalue weighted by atomic mass is 19.4. The lowest BCUT2D eigenvalue weighted by Crippen LogP contribution is -2.47. The number of aliphatic hydroxyl groups is 1. The Kier molecular flexibility index (Phi) is 8.28. The molecular weight excluding hydrogens is 487 g/mol. The number of piperidine rings is 1. The van der Waals surface area contributed by atoms with E-state index in [0.717, 1.165) is 18.1 Å². The molecule has 1 aliphatic heterocycles. The minimum Gasteiger partial charge on any atom is -0.391 e. The number of hydrogen-bond donors (Lipinski definition) is 3. The molecule has 0 radical (unpaired) electrons. The van der Waals surface area contributed by atoms with Crippen molar-refractivity contribution in [2.75, 3.05) is 25.0 Å². The molecule has 37 heavy (non-hydrogen) atoms. The standard InChI is InChI=1S/C21H24F3N7O2.C4H8/c22-21(23,24)15-3-1-2-13(6-15)7-26-19-18-20(28-11-27-19)31(12-29-18)8-14-4-5-30(9-16(14)32)10-17(25)33;1-4-2-3-4/h1-3,6,11-12,14,16,32H,4-5,7-10H2,(H2,25,33)(H,26,27,28);4H,2-3H2,1H3/t14-,16+;/m0./s1. The van der Waals surface area contributed by atoms with E-state index in [1.54, 1.807) is 12.4 Å². The number of aromatic nitrogens is 4. The number of likely N-dealkylation sites (tertiary alicyclic amines) is 1. The molecule has 1 amide bonds. The highest BCUT2D eigenvalue weighted by molar-refractivity contribution is 5.82. The molecule has 3 aromatic rings. The second-order valence-corrected chi connectivity index (χ2v) is 9.84. The maximum Gasteiger partial charge on any atom is 0.416 e. The maximum absolute atomic E-state index is 12.9. The molecule has 2 aliphatic rings. The minimum atomic E-state index is -4.41. The molecule has 0 bridgehead atoms. The third kappa shape index (κ3) is 7.39. The van der Waals surface area contributed by atoms with Crippen molar-refractivity contribution in [1.29, 1.82) is 0 Å². The molecule has 1 aromatic carbocycles. The number of carbonyl (C=O) groups is 1. The molecule has 0 unspecified atom stereocenters. The van der Waals surface area contributed by atoms with Gasteiger partial charge in [0, 0.05) is 25.6 Å². The minimum absolute atomic E-state index is 0.0528. The summed E-state index contributed by atoms with van der Waals surface area (Å²) >= 11 is 0. The summed E-state index contributed by atoms with van der Waals surface area (Å²) in [5, 5.41) is 13.6. The largest absolute Gasteiger partial charge is 0.416 e. The van der Waals surface area contributed by atoms with Crippen LogP contribution >= 0.6 is 0 Å². The SMILES string of the molecule is CC1CC1.NC(=O)CN1CC[C@@H](Cn2cnc3c(NCc4cccc(C(F)(F)F)c4)ncnc32)[C@H](O)C1. The van der Waals surface area contributed by atoms with Crippen LogP contribution in [0.2, 0.25) is 0 Å². The number of hydrogen-bond acceptors (Lipinski definition) is 7. The zero-order chi connectivity index (χ0) is 26.6. The van der Waals surface area contributed by atoms with E-state index in [9.17, 15) is 23.1 Å². The number of fused-ring (bicyclic) bond motifs is 1. The van der Waals surface area contributed by atoms with E-state index in [1.807, 2.05) is 9.47 Å². The summed E-state index contributed by atoms with van der Waals surface area (Å²) in [5.74, 6) is 1.01. The van der Waals surface area contributed by atoms with Gasteiger partial charge in [0.1, 0.15) is 11.8 Å². The number of amides is 1. The van der Waals surface area contributed by atoms with E-state index in [-0.39, 0.29) is 19.0 Å². The fraction of sp³-hybridized carbons (Fsp3) is 0.520. The third-order valence-electron chi connectivity index (χ3n) is 6.60. The molecule has 4 N–H and O–H groups in total. The summed E-state index contributed by atoms with van der Waals surface area (Å²) in [6, 6.07) is 5.09. The molecule has 5 rings (SSSR count). The quantitative estimate of drug-likeness (QED) is 0.439. The predicted molar refractivity (Wildman–Crippen MR) is 132 cm³/mol. The smallest absolute Gasteiger partial charge is 0.391 e. The van der Waals surface area contributed by atoms with Crippen molar-refractivity contribution in [3.8, 4) is 0 Å². The van der Waals surface area contributed by atoms with E-state index >= 15 is 0 Å². The van der Waals surface area contributed by atoms with Crippen LogP contribution in [0.4, 0.5) is 19.0 Å². The maximum atomic E-state index is 12.9. The number of carbonyl (C=O) groups excluding carboxylic acids is 1. The molecule has 1 saturated carbocycles. The van der Waals surface area contributed by atoms with Gasteiger partial charge in [0.15, 0.2) is 11.5 Å². The predicted octanol–water partition coefficient (Wildman–Crippen LogP) is 3.04. The summed E-state index contributed by atoms with van der Waals surface area (Å²) in [5.41, 5.74) is 6.03. The lowest BCUT2D eigenvalue weighted by molar-refractivity contribution is -0.137. The zero-order valence-corrected chi connectivity index (χ0v) is 20.7. The number of halogens is 3. The normalized spacial score (nSPS) is 20.4. The molecule has 1 saturated heterocycles. The number of β-amino-alcohol motifs (C(OH)–C–C–N with tert-alkyl or cyclic N) is 1. The number of rotatable bonds is 7. The van der Waals surface area contributed by atoms with Gasteiger partial charge in [-0.25, -0.2) is 15.0 Å². The van der Waals surface area contributed by atoms with Crippen molar-refractivity contribution >= 4 is 22.9 Å². The van der Waals surface area contributed by atoms with Gasteiger partial charge in [-0.05, 0) is 36.6 Å². The summed E-state index contributed by atoms with van der Waals surface area (Å²) in [6.07, 6.45) is 1.59. The zero-order valence-electron chi connectivity index (χ0n) is 20.7. The summed E-state index contributed by atoms with van der Waals surface area (Å²) in [7, 11) is 0. The third-order valence-corrected chi connectivity index (χ3v) is 6.60. The number of nitrogens with one attached hydrogen (secondary N) is 1. The first-order valence-electron chi connectivity index (χ1n) is 12.3. The van der Waals surface area contributed by atoms with Gasteiger partial charge in [-0.2, -0.15) is 13.2 Å². The number of nitrogens with zero attached hydrogens (tertiary/aromatic N) is 5. The summed E-state index contributed by atoms with van der Waals surface area (Å²) < 4.78 is 40.7. The molecule has 3 heterocycles. The number of nitrogens with two attached hydrogens (primary N) is 1. The molecule has 2 atom stereocenters. The van der Waals surface area contributed by atoms with Crippen molar-refractivity contribution in [2.45, 2.75) is 51.6 Å². The van der Waals surface area contributed by atoms with Crippen LogP contribution in [-0.2, 0) is 24.1 Å². The molecule has 9 nitrogen and oxygen atoms in total. The van der Waals surface area contributed by atoms with Gasteiger partial charge in [0.25, 0.3) is 0 Å². The molecule has 2 aromatic heterocycles. The van der Waals surface area contributed by atoms with E-state index < -0.39 is 23.8 Å². The van der Waals surface area contributed by atoms with Gasteiger partial charge in [0.05, 0.1) is 24.5 Å². The van der Waals surface area contributed by atoms with Crippen LogP contribution in [0, 0.1) is 11.8 Å². The van der Waals surface area contributed by atoms with Crippen LogP contribution < -0.4 is 11.1 Å². The van der Waals surface area contributed by atoms with Crippen molar-refractivity contribution in [3.05, 3.63) is 48.0 Å². The van der Waals surface area contributed by atoms with Crippen molar-refractivity contribution < 1.29 is 23.1 Å². The Bertz CT molecular complexity index is 1210. The van der Waals surface area contributed by atoms with Gasteiger partial charge < -0.3 is 20.7 Å². The highest BCUT2D eigenvalue weighted by Crippen LogP contribution is 2.30. The molecular formula is C25H32F3N7O2. The van der Waals surface area contributed by atoms with Gasteiger partial charge in [-0.15, -0.1) is 0 Å². The van der Waals surface area contributed by atoms with Gasteiger partial charge >= 0.3 is 6.18 Å². The molecule has 1 aliphatic carbocycles. The first kappa shape index (κ1) is 26.8. The van der Waals surface area contributed by atoms with Crippen molar-refractivity contribution in [3.63, 3.8) is 0 Å². The second kappa shape index (κ2) is 11.4. The van der Waals surface area contributed by atoms with Crippen LogP contribution in [-0.4, -0.2) is 61.2 Å². The Morgan fingerprint density at radius 3 is 2.62 bits per heavy atom. The van der Waals surface area contributed by atoms with Crippen LogP contribution in [0.3, 0.4) is 0 Å². The van der Waals surface area contributed by atoms with Gasteiger partial charge in [0.2, 0.25) is 5.91 Å². The average Bonchev–Trinajstić information content (AvgIpc) is 3.52. The van der Waals surface area contributed by atoms with E-state index in [4.69, 9.17) is 5.73 Å². The van der Waals surface area contributed by atoms with E-state index in [2.05, 4.69) is 27.2 Å². The number of anilines is 1. The molecule has 0 spiro atoms. The first-order valence-corrected chi connectivity index (χ1v) is 12.3. The fourth-order valence-electron chi connectivity index (χ4n) is 4.23. The Hall–Kier alpha value is -3.25. The van der Waals surface area contributed by atoms with Gasteiger partial charge in [-0.1, -0.05) is 31.9 Å². The Labute approximate surface area is 212 Å². The average molecular weight is 520 g/mol. The van der Waals surface area contributed by atoms with Crippen molar-refractivity contribution in [1.82, 2.24) is 24.4 Å². The highest BCUT2D eigenvalue weighted by Gasteiger charge is 2.31. The van der Waals surface area contributed by atoms with Crippen LogP contribution in [0.5, 0.6) is 0 Å². The lowest BCUT2D eigenvalue weighted by Gasteiger charge is -2.35. The number of primary amides is 1. The Balaban J connectivity index is 0.000000730. The molecule has 2 fully saturated rings. The first-order chi connectivity index (χ1) is 17.6. The van der Waals surface area contributed by atoms with E-state index in [0.29, 0.717) is 48.6 Å².